The van der Waals surface area contributed by atoms with Gasteiger partial charge in [-0.25, -0.2) is 0 Å². The number of carbonyl (C=O) groups is 1. The number of terminal acetylenes is 1. The molecule has 0 saturated heterocycles. The quantitative estimate of drug-likeness (QED) is 0.642. The Morgan fingerprint density at radius 1 is 1.27 bits per heavy atom. The van der Waals surface area contributed by atoms with Crippen molar-refractivity contribution in [3.8, 4) is 23.8 Å². The zero-order valence-electron chi connectivity index (χ0n) is 14.2. The van der Waals surface area contributed by atoms with Gasteiger partial charge in [-0.3, -0.25) is 4.79 Å². The summed E-state index contributed by atoms with van der Waals surface area (Å²) >= 11 is 7.66. The van der Waals surface area contributed by atoms with Crippen LogP contribution in [0.4, 0.5) is 0 Å². The highest BCUT2D eigenvalue weighted by Gasteiger charge is 2.13. The van der Waals surface area contributed by atoms with Gasteiger partial charge in [0.2, 0.25) is 0 Å². The Balaban J connectivity index is 2.16. The van der Waals surface area contributed by atoms with Gasteiger partial charge >= 0.3 is 0 Å². The van der Waals surface area contributed by atoms with Gasteiger partial charge in [-0.15, -0.1) is 6.42 Å². The van der Waals surface area contributed by atoms with E-state index in [9.17, 15) is 4.79 Å². The third-order valence-electron chi connectivity index (χ3n) is 3.70. The van der Waals surface area contributed by atoms with Crippen LogP contribution in [0.25, 0.3) is 10.2 Å². The van der Waals surface area contributed by atoms with E-state index in [2.05, 4.69) is 10.9 Å². The van der Waals surface area contributed by atoms with E-state index in [1.807, 2.05) is 12.1 Å². The number of hydrogen-bond acceptors (Lipinski definition) is 4. The minimum atomic E-state index is -0.421. The number of thiazole rings is 1. The SMILES string of the molecule is C#CCn1c(=NC(=O)c2cc(OC)cc(OC)c2)sc2cccc(Cl)c21. The summed E-state index contributed by atoms with van der Waals surface area (Å²) in [6.45, 7) is 0.261. The largest absolute Gasteiger partial charge is 0.497 e. The third-order valence-corrected chi connectivity index (χ3v) is 5.05. The van der Waals surface area contributed by atoms with Crippen molar-refractivity contribution < 1.29 is 14.3 Å². The first-order valence-electron chi connectivity index (χ1n) is 7.61. The van der Waals surface area contributed by atoms with E-state index in [4.69, 9.17) is 27.5 Å². The van der Waals surface area contributed by atoms with Gasteiger partial charge in [0.05, 0.1) is 36.0 Å². The van der Waals surface area contributed by atoms with Crippen LogP contribution in [0.2, 0.25) is 5.02 Å². The minimum Gasteiger partial charge on any atom is -0.497 e. The van der Waals surface area contributed by atoms with Gasteiger partial charge in [-0.2, -0.15) is 4.99 Å². The molecule has 7 heteroatoms. The maximum atomic E-state index is 12.7. The van der Waals surface area contributed by atoms with Crippen LogP contribution in [0.15, 0.2) is 41.4 Å². The number of fused-ring (bicyclic) bond motifs is 1. The number of benzene rings is 2. The Bertz CT molecular complexity index is 1070. The molecule has 1 aromatic heterocycles. The van der Waals surface area contributed by atoms with Crippen LogP contribution in [0.5, 0.6) is 11.5 Å². The van der Waals surface area contributed by atoms with E-state index < -0.39 is 5.91 Å². The van der Waals surface area contributed by atoms with Crippen molar-refractivity contribution >= 4 is 39.1 Å². The van der Waals surface area contributed by atoms with Crippen molar-refractivity contribution in [1.82, 2.24) is 4.57 Å². The molecule has 0 atom stereocenters. The Hall–Kier alpha value is -2.75. The molecule has 1 amide bonds. The number of aromatic nitrogens is 1. The Kier molecular flexibility index (Phi) is 5.31. The van der Waals surface area contributed by atoms with Crippen LogP contribution >= 0.6 is 22.9 Å². The number of rotatable bonds is 4. The van der Waals surface area contributed by atoms with E-state index in [1.165, 1.54) is 25.6 Å². The average molecular weight is 387 g/mol. The zero-order chi connectivity index (χ0) is 18.7. The van der Waals surface area contributed by atoms with Crippen molar-refractivity contribution in [1.29, 1.82) is 0 Å². The monoisotopic (exact) mass is 386 g/mol. The molecule has 0 spiro atoms. The second-order valence-corrected chi connectivity index (χ2v) is 6.70. The molecule has 0 aliphatic rings. The molecule has 2 aromatic carbocycles. The zero-order valence-corrected chi connectivity index (χ0v) is 15.7. The normalized spacial score (nSPS) is 11.4. The maximum absolute atomic E-state index is 12.7. The molecule has 0 unspecified atom stereocenters. The number of ether oxygens (including phenoxy) is 2. The van der Waals surface area contributed by atoms with Crippen LogP contribution in [0.1, 0.15) is 10.4 Å². The number of nitrogens with zero attached hydrogens (tertiary/aromatic N) is 2. The van der Waals surface area contributed by atoms with Crippen LogP contribution < -0.4 is 14.3 Å². The van der Waals surface area contributed by atoms with E-state index in [1.54, 1.807) is 28.8 Å². The van der Waals surface area contributed by atoms with Crippen LogP contribution in [-0.4, -0.2) is 24.7 Å². The summed E-state index contributed by atoms with van der Waals surface area (Å²) in [4.78, 5) is 17.4. The van der Waals surface area contributed by atoms with Gasteiger partial charge in [0, 0.05) is 11.6 Å². The first-order chi connectivity index (χ1) is 12.6. The summed E-state index contributed by atoms with van der Waals surface area (Å²) < 4.78 is 13.1. The lowest BCUT2D eigenvalue weighted by Gasteiger charge is -2.06. The first-order valence-corrected chi connectivity index (χ1v) is 8.80. The fourth-order valence-electron chi connectivity index (χ4n) is 2.49. The van der Waals surface area contributed by atoms with Gasteiger partial charge in [0.15, 0.2) is 4.80 Å². The summed E-state index contributed by atoms with van der Waals surface area (Å²) in [6, 6.07) is 10.5. The summed E-state index contributed by atoms with van der Waals surface area (Å²) in [7, 11) is 3.05. The lowest BCUT2D eigenvalue weighted by Crippen LogP contribution is -2.16. The maximum Gasteiger partial charge on any atom is 0.279 e. The highest BCUT2D eigenvalue weighted by atomic mass is 35.5. The van der Waals surface area contributed by atoms with Gasteiger partial charge < -0.3 is 14.0 Å². The highest BCUT2D eigenvalue weighted by Crippen LogP contribution is 2.26. The summed E-state index contributed by atoms with van der Waals surface area (Å²) in [5.74, 6) is 3.18. The number of halogens is 1. The molecule has 1 heterocycles. The van der Waals surface area contributed by atoms with Crippen molar-refractivity contribution in [3.05, 3.63) is 51.8 Å². The molecular formula is C19H15ClN2O3S. The Morgan fingerprint density at radius 3 is 2.58 bits per heavy atom. The smallest absolute Gasteiger partial charge is 0.279 e. The number of amides is 1. The number of hydrogen-bond donors (Lipinski definition) is 0. The lowest BCUT2D eigenvalue weighted by molar-refractivity contribution is 0.0997. The van der Waals surface area contributed by atoms with Crippen molar-refractivity contribution in [2.24, 2.45) is 4.99 Å². The molecule has 3 aromatic rings. The third kappa shape index (κ3) is 3.45. The Labute approximate surface area is 159 Å². The van der Waals surface area contributed by atoms with E-state index in [0.717, 1.165) is 10.2 Å². The molecule has 3 rings (SSSR count). The molecule has 0 aliphatic carbocycles. The highest BCUT2D eigenvalue weighted by molar-refractivity contribution is 7.16. The van der Waals surface area contributed by atoms with Crippen molar-refractivity contribution in [2.75, 3.05) is 14.2 Å². The van der Waals surface area contributed by atoms with Gasteiger partial charge in [-0.05, 0) is 24.3 Å². The molecule has 5 nitrogen and oxygen atoms in total. The number of carbonyl (C=O) groups excluding carboxylic acids is 1. The topological polar surface area (TPSA) is 52.8 Å². The van der Waals surface area contributed by atoms with Gasteiger partial charge in [0.1, 0.15) is 11.5 Å². The first kappa shape index (κ1) is 18.1. The van der Waals surface area contributed by atoms with E-state index in [0.29, 0.717) is 26.9 Å². The fourth-order valence-corrected chi connectivity index (χ4v) is 3.88. The molecular weight excluding hydrogens is 372 g/mol. The van der Waals surface area contributed by atoms with Crippen LogP contribution in [0.3, 0.4) is 0 Å². The molecule has 0 radical (unpaired) electrons. The molecule has 0 bridgehead atoms. The fraction of sp³-hybridized carbons (Fsp3) is 0.158. The predicted octanol–water partition coefficient (Wildman–Crippen LogP) is 3.75. The number of para-hydroxylation sites is 1. The minimum absolute atomic E-state index is 0.261. The van der Waals surface area contributed by atoms with E-state index in [-0.39, 0.29) is 6.54 Å². The average Bonchev–Trinajstić information content (AvgIpc) is 3.00. The van der Waals surface area contributed by atoms with E-state index >= 15 is 0 Å². The molecule has 0 fully saturated rings. The number of methoxy groups -OCH3 is 2. The van der Waals surface area contributed by atoms with Gasteiger partial charge in [0.25, 0.3) is 5.91 Å². The predicted molar refractivity (Wildman–Crippen MR) is 103 cm³/mol. The summed E-state index contributed by atoms with van der Waals surface area (Å²) in [6.07, 6.45) is 5.48. The molecule has 0 aliphatic heterocycles. The molecule has 132 valence electrons. The standard InChI is InChI=1S/C19H15ClN2O3S/c1-4-8-22-17-15(20)6-5-7-16(17)26-19(22)21-18(23)12-9-13(24-2)11-14(10-12)25-3/h1,5-7,9-11H,8H2,2-3H3. The summed E-state index contributed by atoms with van der Waals surface area (Å²) in [5, 5.41) is 0.561. The Morgan fingerprint density at radius 2 is 1.96 bits per heavy atom. The molecule has 0 saturated carbocycles. The van der Waals surface area contributed by atoms with Gasteiger partial charge in [-0.1, -0.05) is 34.9 Å². The van der Waals surface area contributed by atoms with Crippen LogP contribution in [-0.2, 0) is 6.54 Å². The summed E-state index contributed by atoms with van der Waals surface area (Å²) in [5.41, 5.74) is 1.13. The second-order valence-electron chi connectivity index (χ2n) is 5.28. The van der Waals surface area contributed by atoms with Crippen LogP contribution in [0, 0.1) is 12.3 Å². The van der Waals surface area contributed by atoms with Crippen molar-refractivity contribution in [3.63, 3.8) is 0 Å². The van der Waals surface area contributed by atoms with Crippen molar-refractivity contribution in [2.45, 2.75) is 6.54 Å². The second kappa shape index (κ2) is 7.65. The molecule has 26 heavy (non-hydrogen) atoms. The lowest BCUT2D eigenvalue weighted by atomic mass is 10.2. The molecule has 0 N–H and O–H groups in total.